The summed E-state index contributed by atoms with van der Waals surface area (Å²) in [7, 11) is 0. The van der Waals surface area contributed by atoms with Crippen molar-refractivity contribution >= 4 is 17.7 Å². The highest BCUT2D eigenvalue weighted by Crippen LogP contribution is 2.31. The van der Waals surface area contributed by atoms with Crippen molar-refractivity contribution in [1.29, 1.82) is 0 Å². The molecule has 1 aliphatic rings. The molecule has 206 valence electrons. The molecule has 2 aromatic rings. The molecule has 7 heteroatoms. The van der Waals surface area contributed by atoms with E-state index in [0.29, 0.717) is 45.4 Å². The van der Waals surface area contributed by atoms with Crippen molar-refractivity contribution in [2.24, 2.45) is 23.5 Å². The minimum absolute atomic E-state index is 0.176. The third-order valence-corrected chi connectivity index (χ3v) is 7.23. The predicted molar refractivity (Wildman–Crippen MR) is 149 cm³/mol. The van der Waals surface area contributed by atoms with Crippen molar-refractivity contribution in [1.82, 2.24) is 10.2 Å². The molecule has 38 heavy (non-hydrogen) atoms. The fraction of sp³-hybridized carbons (Fsp3) is 0.516. The number of carbonyl (C=O) groups is 3. The van der Waals surface area contributed by atoms with E-state index in [4.69, 9.17) is 10.5 Å². The second-order valence-corrected chi connectivity index (χ2v) is 10.7. The quantitative estimate of drug-likeness (QED) is 0.391. The molecule has 3 rings (SSSR count). The maximum Gasteiger partial charge on any atom is 0.242 e. The number of hydrogen-bond acceptors (Lipinski definition) is 4. The van der Waals surface area contributed by atoms with Crippen molar-refractivity contribution in [3.05, 3.63) is 71.8 Å². The molecule has 1 aliphatic heterocycles. The number of likely N-dealkylation sites (tertiary alicyclic amines) is 1. The molecule has 7 nitrogen and oxygen atoms in total. The van der Waals surface area contributed by atoms with Crippen LogP contribution >= 0.6 is 0 Å². The van der Waals surface area contributed by atoms with Gasteiger partial charge >= 0.3 is 0 Å². The summed E-state index contributed by atoms with van der Waals surface area (Å²) < 4.78 is 6.17. The van der Waals surface area contributed by atoms with E-state index in [1.165, 1.54) is 0 Å². The smallest absolute Gasteiger partial charge is 0.242 e. The molecule has 0 unspecified atom stereocenters. The van der Waals surface area contributed by atoms with Gasteiger partial charge in [-0.2, -0.15) is 0 Å². The van der Waals surface area contributed by atoms with Crippen LogP contribution in [0.1, 0.15) is 57.6 Å². The van der Waals surface area contributed by atoms with E-state index in [1.807, 2.05) is 81.4 Å². The molecule has 0 bridgehead atoms. The van der Waals surface area contributed by atoms with Crippen LogP contribution in [-0.2, 0) is 32.1 Å². The molecule has 0 spiro atoms. The summed E-state index contributed by atoms with van der Waals surface area (Å²) in [5.41, 5.74) is 7.95. The number of nitrogens with zero attached hydrogens (tertiary/aromatic N) is 1. The van der Waals surface area contributed by atoms with Crippen LogP contribution in [0.3, 0.4) is 0 Å². The van der Waals surface area contributed by atoms with Crippen LogP contribution in [0, 0.1) is 17.8 Å². The number of nitrogens with two attached hydrogens (primary N) is 1. The normalized spacial score (nSPS) is 18.8. The molecule has 4 atom stereocenters. The summed E-state index contributed by atoms with van der Waals surface area (Å²) in [6, 6.07) is 19.2. The lowest BCUT2D eigenvalue weighted by atomic mass is 9.81. The van der Waals surface area contributed by atoms with Crippen molar-refractivity contribution in [2.75, 3.05) is 13.1 Å². The SMILES string of the molecule is CCC[C@H](C(N)=O)[C@@H](CC(C)C)C(=O)N1C[C@@H](OCc2ccccc2)C[C@H]1C(=O)NCCc1ccccc1. The Morgan fingerprint density at radius 2 is 1.63 bits per heavy atom. The number of primary amides is 1. The predicted octanol–water partition coefficient (Wildman–Crippen LogP) is 4.10. The van der Waals surface area contributed by atoms with Gasteiger partial charge in [-0.3, -0.25) is 14.4 Å². The Morgan fingerprint density at radius 3 is 2.21 bits per heavy atom. The highest BCUT2D eigenvalue weighted by atomic mass is 16.5. The molecule has 3 N–H and O–H groups in total. The number of ether oxygens (including phenoxy) is 1. The fourth-order valence-electron chi connectivity index (χ4n) is 5.30. The Kier molecular flexibility index (Phi) is 11.3. The number of rotatable bonds is 14. The van der Waals surface area contributed by atoms with Gasteiger partial charge in [0, 0.05) is 31.3 Å². The van der Waals surface area contributed by atoms with Gasteiger partial charge in [-0.25, -0.2) is 0 Å². The lowest BCUT2D eigenvalue weighted by molar-refractivity contribution is -0.146. The number of carbonyl (C=O) groups excluding carboxylic acids is 3. The largest absolute Gasteiger partial charge is 0.372 e. The maximum atomic E-state index is 14.0. The van der Waals surface area contributed by atoms with E-state index in [-0.39, 0.29) is 23.8 Å². The lowest BCUT2D eigenvalue weighted by Crippen LogP contribution is -2.50. The number of benzene rings is 2. The zero-order chi connectivity index (χ0) is 27.5. The van der Waals surface area contributed by atoms with Crippen molar-refractivity contribution < 1.29 is 19.1 Å². The van der Waals surface area contributed by atoms with Gasteiger partial charge in [0.25, 0.3) is 0 Å². The van der Waals surface area contributed by atoms with Crippen LogP contribution in [-0.4, -0.2) is 47.9 Å². The van der Waals surface area contributed by atoms with E-state index in [0.717, 1.165) is 17.5 Å². The third-order valence-electron chi connectivity index (χ3n) is 7.23. The van der Waals surface area contributed by atoms with Crippen LogP contribution in [0.5, 0.6) is 0 Å². The summed E-state index contributed by atoms with van der Waals surface area (Å²) in [6.45, 7) is 7.26. The maximum absolute atomic E-state index is 14.0. The Labute approximate surface area is 227 Å². The molecule has 3 amide bonds. The number of amides is 3. The number of nitrogens with one attached hydrogen (secondary N) is 1. The van der Waals surface area contributed by atoms with Gasteiger partial charge in [-0.15, -0.1) is 0 Å². The third kappa shape index (κ3) is 8.42. The minimum Gasteiger partial charge on any atom is -0.372 e. The van der Waals surface area contributed by atoms with E-state index >= 15 is 0 Å². The Bertz CT molecular complexity index is 1030. The highest BCUT2D eigenvalue weighted by molar-refractivity contribution is 5.92. The van der Waals surface area contributed by atoms with Crippen LogP contribution in [0.15, 0.2) is 60.7 Å². The molecule has 2 aromatic carbocycles. The first kappa shape index (κ1) is 29.4. The average Bonchev–Trinajstić information content (AvgIpc) is 3.34. The summed E-state index contributed by atoms with van der Waals surface area (Å²) >= 11 is 0. The summed E-state index contributed by atoms with van der Waals surface area (Å²) in [6.07, 6.45) is 2.69. The van der Waals surface area contributed by atoms with Gasteiger partial charge in [0.05, 0.1) is 12.7 Å². The fourth-order valence-corrected chi connectivity index (χ4v) is 5.30. The molecule has 1 saturated heterocycles. The lowest BCUT2D eigenvalue weighted by Gasteiger charge is -2.32. The van der Waals surface area contributed by atoms with Gasteiger partial charge in [-0.05, 0) is 36.3 Å². The second kappa shape index (κ2) is 14.7. The first-order chi connectivity index (χ1) is 18.3. The van der Waals surface area contributed by atoms with Gasteiger partial charge in [0.2, 0.25) is 17.7 Å². The standard InChI is InChI=1S/C31H43N3O4/c1-4-11-26(29(32)35)27(18-22(2)3)31(37)34-20-25(38-21-24-14-9-6-10-15-24)19-28(34)30(36)33-17-16-23-12-7-5-8-13-23/h5-10,12-15,22,25-28H,4,11,16-21H2,1-3H3,(H2,32,35)(H,33,36)/t25-,26-,27+,28-/m0/s1. The van der Waals surface area contributed by atoms with Crippen molar-refractivity contribution in [2.45, 2.75) is 71.6 Å². The van der Waals surface area contributed by atoms with E-state index in [2.05, 4.69) is 5.32 Å². The molecular weight excluding hydrogens is 478 g/mol. The van der Waals surface area contributed by atoms with Gasteiger partial charge in [-0.1, -0.05) is 87.9 Å². The summed E-state index contributed by atoms with van der Waals surface area (Å²) in [5.74, 6) is -1.72. The van der Waals surface area contributed by atoms with Crippen molar-refractivity contribution in [3.63, 3.8) is 0 Å². The monoisotopic (exact) mass is 521 g/mol. The Morgan fingerprint density at radius 1 is 1.00 bits per heavy atom. The van der Waals surface area contributed by atoms with Gasteiger partial charge in [0.1, 0.15) is 6.04 Å². The molecular formula is C31H43N3O4. The highest BCUT2D eigenvalue weighted by Gasteiger charge is 2.44. The Hall–Kier alpha value is -3.19. The average molecular weight is 522 g/mol. The van der Waals surface area contributed by atoms with Gasteiger partial charge < -0.3 is 20.7 Å². The van der Waals surface area contributed by atoms with E-state index in [9.17, 15) is 14.4 Å². The zero-order valence-electron chi connectivity index (χ0n) is 23.0. The second-order valence-electron chi connectivity index (χ2n) is 10.7. The molecule has 0 aromatic heterocycles. The Balaban J connectivity index is 1.76. The number of hydrogen-bond donors (Lipinski definition) is 2. The van der Waals surface area contributed by atoms with E-state index < -0.39 is 23.8 Å². The first-order valence-electron chi connectivity index (χ1n) is 13.9. The van der Waals surface area contributed by atoms with Crippen LogP contribution in [0.2, 0.25) is 0 Å². The van der Waals surface area contributed by atoms with Crippen LogP contribution in [0.4, 0.5) is 0 Å². The topological polar surface area (TPSA) is 102 Å². The molecule has 0 saturated carbocycles. The van der Waals surface area contributed by atoms with Gasteiger partial charge in [0.15, 0.2) is 0 Å². The first-order valence-corrected chi connectivity index (χ1v) is 13.9. The molecule has 1 fully saturated rings. The molecule has 0 aliphatic carbocycles. The van der Waals surface area contributed by atoms with Crippen LogP contribution < -0.4 is 11.1 Å². The van der Waals surface area contributed by atoms with Crippen LogP contribution in [0.25, 0.3) is 0 Å². The molecule has 1 heterocycles. The summed E-state index contributed by atoms with van der Waals surface area (Å²) in [4.78, 5) is 41.4. The minimum atomic E-state index is -0.649. The molecule has 0 radical (unpaired) electrons. The summed E-state index contributed by atoms with van der Waals surface area (Å²) in [5, 5.41) is 3.03. The van der Waals surface area contributed by atoms with Crippen molar-refractivity contribution in [3.8, 4) is 0 Å². The van der Waals surface area contributed by atoms with E-state index in [1.54, 1.807) is 4.90 Å². The zero-order valence-corrected chi connectivity index (χ0v) is 23.0.